The summed E-state index contributed by atoms with van der Waals surface area (Å²) in [6.45, 7) is 25.7. The molecule has 0 heterocycles. The van der Waals surface area contributed by atoms with Crippen LogP contribution in [0.3, 0.4) is 0 Å². The van der Waals surface area contributed by atoms with Gasteiger partial charge in [-0.3, -0.25) is 0 Å². The second-order valence-electron chi connectivity index (χ2n) is 12.7. The van der Waals surface area contributed by atoms with Crippen LogP contribution in [0.15, 0.2) is 24.3 Å². The van der Waals surface area contributed by atoms with Gasteiger partial charge in [0.15, 0.2) is 0 Å². The third-order valence-corrected chi connectivity index (χ3v) is 5.59. The Balaban J connectivity index is 3.58. The predicted molar refractivity (Wildman–Crippen MR) is 127 cm³/mol. The fraction of sp³-hybridized carbons (Fsp3) is 0.667. The maximum absolute atomic E-state index is 11.4. The summed E-state index contributed by atoms with van der Waals surface area (Å²) in [5, 5.41) is 20.6. The van der Waals surface area contributed by atoms with E-state index in [9.17, 15) is 15.0 Å². The SMILES string of the molecule is C=C(CCc1cc(C(C)(C)CC(C)(C)C)c(O)c(C(C)(C)CC(C)(C)C)c1)C(=O)O. The van der Waals surface area contributed by atoms with Gasteiger partial charge in [-0.05, 0) is 52.9 Å². The molecular weight excluding hydrogens is 372 g/mol. The Labute approximate surface area is 184 Å². The molecule has 1 rings (SSSR count). The number of carbonyl (C=O) groups is 1. The van der Waals surface area contributed by atoms with Crippen LogP contribution >= 0.6 is 0 Å². The van der Waals surface area contributed by atoms with Crippen molar-refractivity contribution >= 4 is 5.97 Å². The summed E-state index contributed by atoms with van der Waals surface area (Å²) in [6, 6.07) is 4.15. The van der Waals surface area contributed by atoms with E-state index in [1.54, 1.807) is 0 Å². The molecule has 2 N–H and O–H groups in total. The topological polar surface area (TPSA) is 57.5 Å². The van der Waals surface area contributed by atoms with Crippen molar-refractivity contribution in [3.05, 3.63) is 41.0 Å². The lowest BCUT2D eigenvalue weighted by Gasteiger charge is -2.37. The molecule has 0 saturated carbocycles. The van der Waals surface area contributed by atoms with Gasteiger partial charge < -0.3 is 10.2 Å². The molecular formula is C27H44O3. The van der Waals surface area contributed by atoms with Gasteiger partial charge in [-0.2, -0.15) is 0 Å². The third-order valence-electron chi connectivity index (χ3n) is 5.59. The number of benzene rings is 1. The van der Waals surface area contributed by atoms with Gasteiger partial charge in [0.2, 0.25) is 0 Å². The summed E-state index contributed by atoms with van der Waals surface area (Å²) in [5.41, 5.74) is 2.98. The fourth-order valence-electron chi connectivity index (χ4n) is 5.11. The highest BCUT2D eigenvalue weighted by Crippen LogP contribution is 2.47. The van der Waals surface area contributed by atoms with Gasteiger partial charge in [0.05, 0.1) is 0 Å². The monoisotopic (exact) mass is 416 g/mol. The molecule has 3 heteroatoms. The molecule has 0 fully saturated rings. The highest BCUT2D eigenvalue weighted by molar-refractivity contribution is 5.85. The number of aryl methyl sites for hydroxylation is 1. The Morgan fingerprint density at radius 2 is 1.20 bits per heavy atom. The van der Waals surface area contributed by atoms with E-state index in [1.165, 1.54) is 0 Å². The van der Waals surface area contributed by atoms with Gasteiger partial charge in [-0.25, -0.2) is 4.79 Å². The summed E-state index contributed by atoms with van der Waals surface area (Å²) in [6.07, 6.45) is 2.86. The van der Waals surface area contributed by atoms with Crippen molar-refractivity contribution in [2.75, 3.05) is 0 Å². The minimum atomic E-state index is -0.949. The van der Waals surface area contributed by atoms with Crippen LogP contribution in [-0.2, 0) is 22.0 Å². The molecule has 0 atom stereocenters. The largest absolute Gasteiger partial charge is 0.507 e. The number of aromatic hydroxyl groups is 1. The van der Waals surface area contributed by atoms with Crippen LogP contribution in [0.1, 0.15) is 105 Å². The Kier molecular flexibility index (Phi) is 7.67. The van der Waals surface area contributed by atoms with E-state index in [-0.39, 0.29) is 27.2 Å². The first-order valence-electron chi connectivity index (χ1n) is 11.0. The molecule has 30 heavy (non-hydrogen) atoms. The van der Waals surface area contributed by atoms with Crippen LogP contribution in [0, 0.1) is 10.8 Å². The molecule has 1 aromatic rings. The Hall–Kier alpha value is -1.77. The van der Waals surface area contributed by atoms with Gasteiger partial charge >= 0.3 is 5.97 Å². The van der Waals surface area contributed by atoms with Crippen LogP contribution in [0.25, 0.3) is 0 Å². The Morgan fingerprint density at radius 1 is 0.833 bits per heavy atom. The first-order valence-corrected chi connectivity index (χ1v) is 11.0. The zero-order valence-corrected chi connectivity index (χ0v) is 21.0. The van der Waals surface area contributed by atoms with E-state index >= 15 is 0 Å². The molecule has 0 saturated heterocycles. The first-order chi connectivity index (χ1) is 13.3. The molecule has 3 nitrogen and oxygen atoms in total. The van der Waals surface area contributed by atoms with Crippen LogP contribution in [-0.4, -0.2) is 16.2 Å². The lowest BCUT2D eigenvalue weighted by atomic mass is 9.67. The average Bonchev–Trinajstić information content (AvgIpc) is 2.48. The van der Waals surface area contributed by atoms with Crippen LogP contribution in [0.4, 0.5) is 0 Å². The highest BCUT2D eigenvalue weighted by Gasteiger charge is 2.35. The second-order valence-corrected chi connectivity index (χ2v) is 12.7. The predicted octanol–water partition coefficient (Wildman–Crippen LogP) is 7.39. The van der Waals surface area contributed by atoms with E-state index < -0.39 is 5.97 Å². The van der Waals surface area contributed by atoms with Gasteiger partial charge in [0.1, 0.15) is 5.75 Å². The maximum atomic E-state index is 11.4. The number of carboxylic acid groups (broad SMARTS) is 1. The minimum absolute atomic E-state index is 0.116. The van der Waals surface area contributed by atoms with Crippen molar-refractivity contribution in [2.24, 2.45) is 10.8 Å². The van der Waals surface area contributed by atoms with Crippen molar-refractivity contribution in [3.63, 3.8) is 0 Å². The summed E-state index contributed by atoms with van der Waals surface area (Å²) < 4.78 is 0. The van der Waals surface area contributed by atoms with Gasteiger partial charge in [-0.15, -0.1) is 0 Å². The number of hydrogen-bond acceptors (Lipinski definition) is 2. The number of carboxylic acids is 1. The van der Waals surface area contributed by atoms with E-state index in [4.69, 9.17) is 0 Å². The molecule has 0 radical (unpaired) electrons. The number of rotatable bonds is 8. The molecule has 0 bridgehead atoms. The normalized spacial score (nSPS) is 13.4. The number of hydrogen-bond donors (Lipinski definition) is 2. The number of phenolic OH excluding ortho intramolecular Hbond substituents is 1. The molecule has 0 aliphatic heterocycles. The van der Waals surface area contributed by atoms with Crippen molar-refractivity contribution in [1.82, 2.24) is 0 Å². The maximum Gasteiger partial charge on any atom is 0.330 e. The fourth-order valence-corrected chi connectivity index (χ4v) is 5.11. The average molecular weight is 417 g/mol. The van der Waals surface area contributed by atoms with Crippen molar-refractivity contribution < 1.29 is 15.0 Å². The Morgan fingerprint density at radius 3 is 1.50 bits per heavy atom. The van der Waals surface area contributed by atoms with Crippen molar-refractivity contribution in [2.45, 2.75) is 106 Å². The third kappa shape index (κ3) is 7.49. The second kappa shape index (κ2) is 8.77. The van der Waals surface area contributed by atoms with Crippen LogP contribution in [0.5, 0.6) is 5.75 Å². The summed E-state index contributed by atoms with van der Waals surface area (Å²) in [5.74, 6) is -0.560. The lowest BCUT2D eigenvalue weighted by molar-refractivity contribution is -0.132. The summed E-state index contributed by atoms with van der Waals surface area (Å²) >= 11 is 0. The molecule has 0 aromatic heterocycles. The van der Waals surface area contributed by atoms with E-state index in [2.05, 4.69) is 87.9 Å². The molecule has 1 aromatic carbocycles. The van der Waals surface area contributed by atoms with Crippen molar-refractivity contribution in [1.29, 1.82) is 0 Å². The summed E-state index contributed by atoms with van der Waals surface area (Å²) in [7, 11) is 0. The standard InChI is InChI=1S/C27H44O3/c1-18(23(29)30)12-13-19-14-20(26(8,9)16-24(2,3)4)22(28)21(15-19)27(10,11)17-25(5,6)7/h14-15,28H,1,12-13,16-17H2,2-11H3,(H,29,30). The van der Waals surface area contributed by atoms with Gasteiger partial charge in [0.25, 0.3) is 0 Å². The van der Waals surface area contributed by atoms with Gasteiger partial charge in [-0.1, -0.05) is 87.9 Å². The molecule has 0 amide bonds. The minimum Gasteiger partial charge on any atom is -0.507 e. The lowest BCUT2D eigenvalue weighted by Crippen LogP contribution is -2.28. The zero-order valence-electron chi connectivity index (χ0n) is 21.0. The molecule has 0 unspecified atom stereocenters. The highest BCUT2D eigenvalue weighted by atomic mass is 16.4. The smallest absolute Gasteiger partial charge is 0.330 e. The van der Waals surface area contributed by atoms with E-state index in [0.717, 1.165) is 29.5 Å². The zero-order chi connectivity index (χ0) is 23.7. The van der Waals surface area contributed by atoms with E-state index in [0.29, 0.717) is 18.6 Å². The molecule has 0 aliphatic rings. The van der Waals surface area contributed by atoms with E-state index in [1.807, 2.05) is 0 Å². The first kappa shape index (κ1) is 26.3. The number of aliphatic carboxylic acids is 1. The van der Waals surface area contributed by atoms with Gasteiger partial charge in [0, 0.05) is 16.7 Å². The van der Waals surface area contributed by atoms with Crippen LogP contribution < -0.4 is 0 Å². The van der Waals surface area contributed by atoms with Crippen molar-refractivity contribution in [3.8, 4) is 5.75 Å². The molecule has 170 valence electrons. The molecule has 0 aliphatic carbocycles. The number of phenols is 1. The quantitative estimate of drug-likeness (QED) is 0.434. The molecule has 0 spiro atoms. The summed E-state index contributed by atoms with van der Waals surface area (Å²) in [4.78, 5) is 11.2. The van der Waals surface area contributed by atoms with Crippen LogP contribution in [0.2, 0.25) is 0 Å². The Bertz CT molecular complexity index is 734.